The Morgan fingerprint density at radius 2 is 1.93 bits per heavy atom. The van der Waals surface area contributed by atoms with Crippen LogP contribution in [0.25, 0.3) is 0 Å². The van der Waals surface area contributed by atoms with E-state index in [0.29, 0.717) is 5.88 Å². The van der Waals surface area contributed by atoms with Crippen molar-refractivity contribution in [3.8, 4) is 0 Å². The Morgan fingerprint density at radius 3 is 2.36 bits per heavy atom. The van der Waals surface area contributed by atoms with E-state index >= 15 is 0 Å². The quantitative estimate of drug-likeness (QED) is 0.657. The van der Waals surface area contributed by atoms with Crippen molar-refractivity contribution in [2.45, 2.75) is 24.3 Å². The van der Waals surface area contributed by atoms with Gasteiger partial charge in [0.2, 0.25) is 0 Å². The average Bonchev–Trinajstić information content (AvgIpc) is 2.14. The van der Waals surface area contributed by atoms with Gasteiger partial charge in [-0.25, -0.2) is 0 Å². The van der Waals surface area contributed by atoms with Gasteiger partial charge < -0.3 is 0 Å². The molecule has 1 aromatic rings. The van der Waals surface area contributed by atoms with Gasteiger partial charge in [0, 0.05) is 0 Å². The first-order valence-corrected chi connectivity index (χ1v) is 6.92. The summed E-state index contributed by atoms with van der Waals surface area (Å²) in [4.78, 5) is 0.166. The van der Waals surface area contributed by atoms with Crippen molar-refractivity contribution in [3.05, 3.63) is 30.3 Å². The zero-order valence-electron chi connectivity index (χ0n) is 8.40. The SMILES string of the molecule is CC(C)(O)C(CCl)[Se]c1ccccc1. The summed E-state index contributed by atoms with van der Waals surface area (Å²) in [6.45, 7) is 3.65. The van der Waals surface area contributed by atoms with Gasteiger partial charge in [-0.15, -0.1) is 0 Å². The van der Waals surface area contributed by atoms with Crippen LogP contribution in [0.5, 0.6) is 0 Å². The molecule has 0 saturated carbocycles. The van der Waals surface area contributed by atoms with Gasteiger partial charge in [-0.1, -0.05) is 0 Å². The van der Waals surface area contributed by atoms with E-state index in [1.165, 1.54) is 4.46 Å². The molecule has 1 N–H and O–H groups in total. The molecule has 1 aromatic carbocycles. The summed E-state index contributed by atoms with van der Waals surface area (Å²) in [5.74, 6) is 0.512. The van der Waals surface area contributed by atoms with E-state index in [-0.39, 0.29) is 19.8 Å². The Labute approximate surface area is 96.6 Å². The van der Waals surface area contributed by atoms with Crippen LogP contribution in [0.3, 0.4) is 0 Å². The molecule has 1 rings (SSSR count). The van der Waals surface area contributed by atoms with Crippen molar-refractivity contribution in [1.82, 2.24) is 0 Å². The first-order chi connectivity index (χ1) is 6.54. The molecule has 0 amide bonds. The van der Waals surface area contributed by atoms with Crippen molar-refractivity contribution in [1.29, 1.82) is 0 Å². The molecule has 3 heteroatoms. The van der Waals surface area contributed by atoms with Gasteiger partial charge in [0.15, 0.2) is 0 Å². The standard InChI is InChI=1S/C11H15ClOSe/c1-11(2,13)10(8-12)14-9-6-4-3-5-7-9/h3-7,10,13H,8H2,1-2H3. The monoisotopic (exact) mass is 278 g/mol. The van der Waals surface area contributed by atoms with Crippen molar-refractivity contribution in [2.75, 3.05) is 5.88 Å². The second kappa shape index (κ2) is 5.18. The summed E-state index contributed by atoms with van der Waals surface area (Å²) in [5, 5.41) is 9.87. The number of hydrogen-bond donors (Lipinski definition) is 1. The van der Waals surface area contributed by atoms with Crippen molar-refractivity contribution >= 4 is 31.0 Å². The van der Waals surface area contributed by atoms with E-state index < -0.39 is 5.60 Å². The summed E-state index contributed by atoms with van der Waals surface area (Å²) in [6.07, 6.45) is 0. The predicted octanol–water partition coefficient (Wildman–Crippen LogP) is 1.81. The van der Waals surface area contributed by atoms with Crippen molar-refractivity contribution < 1.29 is 5.11 Å². The van der Waals surface area contributed by atoms with E-state index in [0.717, 1.165) is 0 Å². The van der Waals surface area contributed by atoms with Gasteiger partial charge in [0.1, 0.15) is 0 Å². The Bertz CT molecular complexity index is 268. The van der Waals surface area contributed by atoms with Gasteiger partial charge in [0.05, 0.1) is 0 Å². The Kier molecular flexibility index (Phi) is 4.46. The van der Waals surface area contributed by atoms with Crippen molar-refractivity contribution in [3.63, 3.8) is 0 Å². The number of hydrogen-bond acceptors (Lipinski definition) is 1. The second-order valence-corrected chi connectivity index (χ2v) is 6.71. The molecule has 1 atom stereocenters. The van der Waals surface area contributed by atoms with Crippen LogP contribution < -0.4 is 4.46 Å². The fourth-order valence-electron chi connectivity index (χ4n) is 1.03. The summed E-state index contributed by atoms with van der Waals surface area (Å²) >= 11 is 6.10. The van der Waals surface area contributed by atoms with Gasteiger partial charge >= 0.3 is 96.6 Å². The number of benzene rings is 1. The molecule has 0 heterocycles. The van der Waals surface area contributed by atoms with E-state index in [2.05, 4.69) is 12.1 Å². The number of rotatable bonds is 4. The minimum absolute atomic E-state index is 0.166. The molecule has 1 nitrogen and oxygen atoms in total. The van der Waals surface area contributed by atoms with Crippen LogP contribution in [0, 0.1) is 0 Å². The molecule has 0 aliphatic rings. The molecule has 0 fully saturated rings. The van der Waals surface area contributed by atoms with Crippen LogP contribution in [0.1, 0.15) is 13.8 Å². The van der Waals surface area contributed by atoms with Crippen molar-refractivity contribution in [2.24, 2.45) is 0 Å². The van der Waals surface area contributed by atoms with E-state index in [4.69, 9.17) is 11.6 Å². The predicted molar refractivity (Wildman–Crippen MR) is 62.6 cm³/mol. The fraction of sp³-hybridized carbons (Fsp3) is 0.455. The third-order valence-corrected chi connectivity index (χ3v) is 5.97. The molecule has 0 spiro atoms. The Morgan fingerprint density at radius 1 is 1.36 bits per heavy atom. The molecular weight excluding hydrogens is 263 g/mol. The third-order valence-electron chi connectivity index (χ3n) is 1.95. The summed E-state index contributed by atoms with van der Waals surface area (Å²) < 4.78 is 1.28. The van der Waals surface area contributed by atoms with Crippen LogP contribution in [0.4, 0.5) is 0 Å². The van der Waals surface area contributed by atoms with Crippen LogP contribution in [0.15, 0.2) is 30.3 Å². The molecule has 14 heavy (non-hydrogen) atoms. The molecule has 0 aromatic heterocycles. The van der Waals surface area contributed by atoms with Crippen LogP contribution in [-0.4, -0.2) is 31.5 Å². The number of alkyl halides is 1. The normalized spacial score (nSPS) is 14.0. The number of aliphatic hydroxyl groups is 1. The average molecular weight is 278 g/mol. The Hall–Kier alpha value is -0.0105. The maximum absolute atomic E-state index is 9.87. The first kappa shape index (κ1) is 12.1. The van der Waals surface area contributed by atoms with Gasteiger partial charge in [0.25, 0.3) is 0 Å². The molecule has 0 aliphatic heterocycles. The molecule has 0 saturated heterocycles. The van der Waals surface area contributed by atoms with Crippen LogP contribution in [-0.2, 0) is 0 Å². The maximum atomic E-state index is 9.87. The topological polar surface area (TPSA) is 20.2 Å². The van der Waals surface area contributed by atoms with Crippen LogP contribution >= 0.6 is 11.6 Å². The Balaban J connectivity index is 2.67. The summed E-state index contributed by atoms with van der Waals surface area (Å²) in [7, 11) is 0. The van der Waals surface area contributed by atoms with Gasteiger partial charge in [-0.3, -0.25) is 0 Å². The molecule has 0 aliphatic carbocycles. The van der Waals surface area contributed by atoms with Gasteiger partial charge in [-0.05, 0) is 0 Å². The molecule has 78 valence electrons. The van der Waals surface area contributed by atoms with Gasteiger partial charge in [-0.2, -0.15) is 0 Å². The summed E-state index contributed by atoms with van der Waals surface area (Å²) in [5.41, 5.74) is -0.683. The van der Waals surface area contributed by atoms with E-state index in [9.17, 15) is 5.11 Å². The first-order valence-electron chi connectivity index (χ1n) is 4.54. The molecule has 1 unspecified atom stereocenters. The van der Waals surface area contributed by atoms with E-state index in [1.807, 2.05) is 32.0 Å². The van der Waals surface area contributed by atoms with Crippen LogP contribution in [0.2, 0.25) is 4.82 Å². The molecule has 0 bridgehead atoms. The molecular formula is C11H15ClOSe. The zero-order valence-corrected chi connectivity index (χ0v) is 10.9. The second-order valence-electron chi connectivity index (χ2n) is 3.73. The zero-order chi connectivity index (χ0) is 10.6. The fourth-order valence-corrected chi connectivity index (χ4v) is 3.82. The summed E-state index contributed by atoms with van der Waals surface area (Å²) in [6, 6.07) is 10.2. The minimum atomic E-state index is -0.683. The number of halogens is 1. The van der Waals surface area contributed by atoms with E-state index in [1.54, 1.807) is 0 Å². The molecule has 0 radical (unpaired) electrons. The third kappa shape index (κ3) is 3.62.